The van der Waals surface area contributed by atoms with E-state index in [0.717, 1.165) is 6.42 Å². The van der Waals surface area contributed by atoms with E-state index in [9.17, 15) is 5.11 Å². The summed E-state index contributed by atoms with van der Waals surface area (Å²) >= 11 is 0. The summed E-state index contributed by atoms with van der Waals surface area (Å²) in [5, 5.41) is 9.30. The SMILES string of the molecule is CC(C)/C=C/C(C)C.CC(C)CC(O)C(C)C.CCC.CCCC. The van der Waals surface area contributed by atoms with Crippen LogP contribution < -0.4 is 0 Å². The van der Waals surface area contributed by atoms with Crippen molar-refractivity contribution in [3.05, 3.63) is 12.2 Å². The molecule has 0 saturated carbocycles. The van der Waals surface area contributed by atoms with Crippen molar-refractivity contribution in [1.29, 1.82) is 0 Å². The number of unbranched alkanes of at least 4 members (excludes halogenated alkanes) is 1. The fourth-order valence-corrected chi connectivity index (χ4v) is 1.20. The molecule has 0 bridgehead atoms. The number of rotatable bonds is 6. The van der Waals surface area contributed by atoms with Crippen LogP contribution in [-0.4, -0.2) is 11.2 Å². The summed E-state index contributed by atoms with van der Waals surface area (Å²) in [5.74, 6) is 2.43. The van der Waals surface area contributed by atoms with Crippen molar-refractivity contribution in [3.63, 3.8) is 0 Å². The Morgan fingerprint density at radius 2 is 0.958 bits per heavy atom. The van der Waals surface area contributed by atoms with Crippen molar-refractivity contribution < 1.29 is 5.11 Å². The largest absolute Gasteiger partial charge is 0.393 e. The minimum atomic E-state index is -0.106. The zero-order valence-electron chi connectivity index (χ0n) is 19.3. The Morgan fingerprint density at radius 3 is 1.04 bits per heavy atom. The number of hydrogen-bond acceptors (Lipinski definition) is 1. The fraction of sp³-hybridized carbons (Fsp3) is 0.913. The predicted molar refractivity (Wildman–Crippen MR) is 116 cm³/mol. The number of allylic oxidation sites excluding steroid dienone is 2. The van der Waals surface area contributed by atoms with Gasteiger partial charge in [-0.3, -0.25) is 0 Å². The first-order valence-corrected chi connectivity index (χ1v) is 10.4. The molecule has 0 rings (SSSR count). The Morgan fingerprint density at radius 1 is 0.667 bits per heavy atom. The molecule has 0 aromatic heterocycles. The molecule has 0 radical (unpaired) electrons. The Bertz CT molecular complexity index is 202. The van der Waals surface area contributed by atoms with Crippen LogP contribution in [0.15, 0.2) is 12.2 Å². The molecule has 0 aromatic carbocycles. The lowest BCUT2D eigenvalue weighted by Crippen LogP contribution is -2.16. The molecule has 0 saturated heterocycles. The van der Waals surface area contributed by atoms with Crippen LogP contribution in [0.4, 0.5) is 0 Å². The zero-order chi connectivity index (χ0) is 20.1. The molecule has 0 aliphatic carbocycles. The summed E-state index contributed by atoms with van der Waals surface area (Å²) in [6, 6.07) is 0. The van der Waals surface area contributed by atoms with Gasteiger partial charge in [0.25, 0.3) is 0 Å². The van der Waals surface area contributed by atoms with E-state index >= 15 is 0 Å². The van der Waals surface area contributed by atoms with Gasteiger partial charge in [0.2, 0.25) is 0 Å². The molecule has 1 heteroatoms. The average Bonchev–Trinajstić information content (AvgIpc) is 2.46. The summed E-state index contributed by atoms with van der Waals surface area (Å²) in [5.41, 5.74) is 0. The quantitative estimate of drug-likeness (QED) is 0.482. The molecule has 0 heterocycles. The van der Waals surface area contributed by atoms with Crippen molar-refractivity contribution in [2.24, 2.45) is 23.7 Å². The Labute approximate surface area is 156 Å². The highest BCUT2D eigenvalue weighted by atomic mass is 16.3. The van der Waals surface area contributed by atoms with Crippen LogP contribution in [0.2, 0.25) is 0 Å². The second kappa shape index (κ2) is 24.9. The normalized spacial score (nSPS) is 11.7. The van der Waals surface area contributed by atoms with E-state index in [4.69, 9.17) is 0 Å². The van der Waals surface area contributed by atoms with Gasteiger partial charge in [0.1, 0.15) is 0 Å². The molecule has 0 fully saturated rings. The van der Waals surface area contributed by atoms with Gasteiger partial charge in [-0.25, -0.2) is 0 Å². The zero-order valence-corrected chi connectivity index (χ0v) is 19.3. The Balaban J connectivity index is -0.000000122. The van der Waals surface area contributed by atoms with Crippen LogP contribution in [0.25, 0.3) is 0 Å². The number of hydrogen-bond donors (Lipinski definition) is 1. The molecule has 0 aromatic rings. The van der Waals surface area contributed by atoms with Gasteiger partial charge in [-0.05, 0) is 30.1 Å². The minimum Gasteiger partial charge on any atom is -0.393 e. The van der Waals surface area contributed by atoms with E-state index in [1.807, 2.05) is 13.8 Å². The molecule has 0 aliphatic rings. The van der Waals surface area contributed by atoms with Crippen molar-refractivity contribution in [2.45, 2.75) is 115 Å². The van der Waals surface area contributed by atoms with Crippen LogP contribution in [-0.2, 0) is 0 Å². The van der Waals surface area contributed by atoms with Crippen molar-refractivity contribution in [2.75, 3.05) is 0 Å². The molecular weight excluding hydrogens is 292 g/mol. The van der Waals surface area contributed by atoms with Gasteiger partial charge in [-0.15, -0.1) is 0 Å². The Hall–Kier alpha value is -0.300. The molecule has 0 amide bonds. The fourth-order valence-electron chi connectivity index (χ4n) is 1.20. The standard InChI is InChI=1S/C8H18O.C8H16.C4H10.C3H8/c1-6(2)5-8(9)7(3)4;1-7(2)5-6-8(3)4;1-3-4-2;1-3-2/h6-9H,5H2,1-4H3;5-8H,1-4H3;3-4H2,1-2H3;3H2,1-2H3/b;6-5+;;. The van der Waals surface area contributed by atoms with Gasteiger partial charge in [0.15, 0.2) is 0 Å². The number of aliphatic hydroxyl groups is 1. The molecule has 0 spiro atoms. The molecule has 0 aliphatic heterocycles. The van der Waals surface area contributed by atoms with Crippen LogP contribution in [0, 0.1) is 23.7 Å². The summed E-state index contributed by atoms with van der Waals surface area (Å²) in [4.78, 5) is 0. The van der Waals surface area contributed by atoms with E-state index in [0.29, 0.717) is 23.7 Å². The third kappa shape index (κ3) is 49.5. The third-order valence-corrected chi connectivity index (χ3v) is 2.86. The second-order valence-electron chi connectivity index (χ2n) is 8.02. The third-order valence-electron chi connectivity index (χ3n) is 2.86. The summed E-state index contributed by atoms with van der Waals surface area (Å²) in [7, 11) is 0. The van der Waals surface area contributed by atoms with Crippen molar-refractivity contribution in [1.82, 2.24) is 0 Å². The average molecular weight is 345 g/mol. The molecule has 1 atom stereocenters. The molecular formula is C23H52O. The molecule has 24 heavy (non-hydrogen) atoms. The molecule has 1 unspecified atom stereocenters. The van der Waals surface area contributed by atoms with Crippen LogP contribution in [0.1, 0.15) is 109 Å². The van der Waals surface area contributed by atoms with Crippen LogP contribution >= 0.6 is 0 Å². The summed E-state index contributed by atoms with van der Waals surface area (Å²) < 4.78 is 0. The highest BCUT2D eigenvalue weighted by Crippen LogP contribution is 2.11. The maximum atomic E-state index is 9.30. The number of aliphatic hydroxyl groups excluding tert-OH is 1. The Kier molecular flexibility index (Phi) is 32.7. The lowest BCUT2D eigenvalue weighted by molar-refractivity contribution is 0.103. The topological polar surface area (TPSA) is 20.2 Å². The predicted octanol–water partition coefficient (Wildman–Crippen LogP) is 8.13. The monoisotopic (exact) mass is 344 g/mol. The lowest BCUT2D eigenvalue weighted by Gasteiger charge is -2.15. The van der Waals surface area contributed by atoms with Crippen LogP contribution in [0.5, 0.6) is 0 Å². The molecule has 150 valence electrons. The summed E-state index contributed by atoms with van der Waals surface area (Å²) in [6.45, 7) is 25.7. The van der Waals surface area contributed by atoms with E-state index in [1.165, 1.54) is 19.3 Å². The first-order valence-electron chi connectivity index (χ1n) is 10.4. The van der Waals surface area contributed by atoms with Gasteiger partial charge < -0.3 is 5.11 Å². The van der Waals surface area contributed by atoms with E-state index < -0.39 is 0 Å². The highest BCUT2D eigenvalue weighted by Gasteiger charge is 2.09. The lowest BCUT2D eigenvalue weighted by atomic mass is 9.98. The van der Waals surface area contributed by atoms with Gasteiger partial charge in [0.05, 0.1) is 6.10 Å². The van der Waals surface area contributed by atoms with Crippen molar-refractivity contribution >= 4 is 0 Å². The van der Waals surface area contributed by atoms with Crippen molar-refractivity contribution in [3.8, 4) is 0 Å². The minimum absolute atomic E-state index is 0.106. The van der Waals surface area contributed by atoms with E-state index in [2.05, 4.69) is 81.4 Å². The molecule has 1 N–H and O–H groups in total. The van der Waals surface area contributed by atoms with Crippen LogP contribution in [0.3, 0.4) is 0 Å². The van der Waals surface area contributed by atoms with Gasteiger partial charge >= 0.3 is 0 Å². The first-order chi connectivity index (χ1) is 11.0. The van der Waals surface area contributed by atoms with Gasteiger partial charge in [0, 0.05) is 0 Å². The summed E-state index contributed by atoms with van der Waals surface area (Å²) in [6.07, 6.45) is 9.19. The smallest absolute Gasteiger partial charge is 0.0565 e. The first kappa shape index (κ1) is 31.5. The molecule has 1 nitrogen and oxygen atoms in total. The maximum Gasteiger partial charge on any atom is 0.0565 e. The second-order valence-corrected chi connectivity index (χ2v) is 8.02. The van der Waals surface area contributed by atoms with Gasteiger partial charge in [-0.1, -0.05) is 114 Å². The highest BCUT2D eigenvalue weighted by molar-refractivity contribution is 4.86. The maximum absolute atomic E-state index is 9.30. The van der Waals surface area contributed by atoms with E-state index in [1.54, 1.807) is 0 Å². The van der Waals surface area contributed by atoms with E-state index in [-0.39, 0.29) is 6.10 Å². The van der Waals surface area contributed by atoms with Gasteiger partial charge in [-0.2, -0.15) is 0 Å².